The van der Waals surface area contributed by atoms with Crippen LogP contribution in [0, 0.1) is 5.82 Å². The minimum Gasteiger partial charge on any atom is -0.490 e. The number of fused-ring (bicyclic) bond motifs is 1. The molecular weight excluding hydrogens is 501 g/mol. The molecule has 0 bridgehead atoms. The van der Waals surface area contributed by atoms with Crippen molar-refractivity contribution in [2.24, 2.45) is 0 Å². The van der Waals surface area contributed by atoms with Crippen molar-refractivity contribution in [3.05, 3.63) is 85.5 Å². The van der Waals surface area contributed by atoms with E-state index < -0.39 is 5.82 Å². The number of H-pyrrole nitrogens is 2. The number of ether oxygens (including phenoxy) is 2. The van der Waals surface area contributed by atoms with Crippen LogP contribution in [0.15, 0.2) is 57.8 Å². The molecule has 9 heteroatoms. The third kappa shape index (κ3) is 4.92. The molecule has 1 aromatic heterocycles. The monoisotopic (exact) mass is 519 g/mol. The van der Waals surface area contributed by atoms with Gasteiger partial charge in [0.15, 0.2) is 11.5 Å². The van der Waals surface area contributed by atoms with Crippen molar-refractivity contribution in [3.8, 4) is 11.5 Å². The lowest BCUT2D eigenvalue weighted by Gasteiger charge is -2.16. The highest BCUT2D eigenvalue weighted by Crippen LogP contribution is 2.35. The molecule has 0 unspecified atom stereocenters. The standard InChI is InChI=1S/C23H20BrClFN3O3/c1-2-31-21-8-13(11-27-14-6-7-19-20(9-14)29-23(30)28-19)16(24)10-22(21)32-12-15-17(25)4-3-5-18(15)26/h3-10,27H,2,11-12H2,1H3,(H2,28,29,30). The molecule has 0 fully saturated rings. The Morgan fingerprint density at radius 1 is 1.06 bits per heavy atom. The molecule has 0 aliphatic heterocycles. The highest BCUT2D eigenvalue weighted by molar-refractivity contribution is 9.10. The molecule has 0 amide bonds. The molecule has 0 saturated heterocycles. The Bertz CT molecular complexity index is 1300. The van der Waals surface area contributed by atoms with E-state index in [-0.39, 0.29) is 17.9 Å². The lowest BCUT2D eigenvalue weighted by Crippen LogP contribution is -2.05. The lowest BCUT2D eigenvalue weighted by molar-refractivity contribution is 0.265. The van der Waals surface area contributed by atoms with Crippen LogP contribution >= 0.6 is 27.5 Å². The number of aromatic nitrogens is 2. The van der Waals surface area contributed by atoms with E-state index in [2.05, 4.69) is 31.2 Å². The number of nitrogens with one attached hydrogen (secondary N) is 3. The van der Waals surface area contributed by atoms with Gasteiger partial charge in [0.05, 0.1) is 22.7 Å². The van der Waals surface area contributed by atoms with Gasteiger partial charge in [0, 0.05) is 22.3 Å². The van der Waals surface area contributed by atoms with Crippen molar-refractivity contribution in [1.29, 1.82) is 0 Å². The molecule has 0 spiro atoms. The van der Waals surface area contributed by atoms with E-state index in [9.17, 15) is 9.18 Å². The fourth-order valence-corrected chi connectivity index (χ4v) is 3.93. The second kappa shape index (κ2) is 9.67. The molecule has 3 N–H and O–H groups in total. The van der Waals surface area contributed by atoms with Gasteiger partial charge < -0.3 is 24.8 Å². The summed E-state index contributed by atoms with van der Waals surface area (Å²) in [7, 11) is 0. The van der Waals surface area contributed by atoms with Crippen LogP contribution in [0.1, 0.15) is 18.1 Å². The minimum atomic E-state index is -0.420. The van der Waals surface area contributed by atoms with E-state index >= 15 is 0 Å². The Morgan fingerprint density at radius 2 is 1.84 bits per heavy atom. The average Bonchev–Trinajstić information content (AvgIpc) is 3.13. The van der Waals surface area contributed by atoms with Crippen LogP contribution in [0.3, 0.4) is 0 Å². The lowest BCUT2D eigenvalue weighted by atomic mass is 10.2. The number of rotatable bonds is 8. The molecule has 6 nitrogen and oxygen atoms in total. The second-order valence-corrected chi connectivity index (χ2v) is 8.27. The average molecular weight is 521 g/mol. The van der Waals surface area contributed by atoms with E-state index in [0.717, 1.165) is 26.8 Å². The second-order valence-electron chi connectivity index (χ2n) is 7.01. The molecule has 0 atom stereocenters. The molecule has 3 aromatic carbocycles. The van der Waals surface area contributed by atoms with Gasteiger partial charge in [-0.1, -0.05) is 33.6 Å². The Hall–Kier alpha value is -2.97. The molecule has 32 heavy (non-hydrogen) atoms. The number of halogens is 3. The molecule has 0 aliphatic carbocycles. The predicted octanol–water partition coefficient (Wildman–Crippen LogP) is 6.00. The van der Waals surface area contributed by atoms with Gasteiger partial charge in [0.2, 0.25) is 0 Å². The SMILES string of the molecule is CCOc1cc(CNc2ccc3[nH]c(=O)[nH]c3c2)c(Br)cc1OCc1c(F)cccc1Cl. The van der Waals surface area contributed by atoms with Crippen molar-refractivity contribution in [2.45, 2.75) is 20.1 Å². The zero-order valence-corrected chi connectivity index (χ0v) is 19.4. The summed E-state index contributed by atoms with van der Waals surface area (Å²) in [6.45, 7) is 2.80. The van der Waals surface area contributed by atoms with E-state index in [1.54, 1.807) is 18.2 Å². The van der Waals surface area contributed by atoms with Gasteiger partial charge >= 0.3 is 5.69 Å². The van der Waals surface area contributed by atoms with Crippen molar-refractivity contribution in [1.82, 2.24) is 9.97 Å². The van der Waals surface area contributed by atoms with Gasteiger partial charge in [-0.3, -0.25) is 0 Å². The summed E-state index contributed by atoms with van der Waals surface area (Å²) < 4.78 is 26.5. The van der Waals surface area contributed by atoms with Gasteiger partial charge in [-0.05, 0) is 55.0 Å². The summed E-state index contributed by atoms with van der Waals surface area (Å²) in [4.78, 5) is 16.9. The van der Waals surface area contributed by atoms with E-state index in [0.29, 0.717) is 29.7 Å². The fourth-order valence-electron chi connectivity index (χ4n) is 3.25. The summed E-state index contributed by atoms with van der Waals surface area (Å²) in [6.07, 6.45) is 0. The summed E-state index contributed by atoms with van der Waals surface area (Å²) in [5.41, 5.74) is 3.31. The number of benzene rings is 3. The Kier molecular flexibility index (Phi) is 6.72. The summed E-state index contributed by atoms with van der Waals surface area (Å²) in [6, 6.07) is 13.8. The highest BCUT2D eigenvalue weighted by atomic mass is 79.9. The van der Waals surface area contributed by atoms with Crippen LogP contribution in [-0.4, -0.2) is 16.6 Å². The maximum atomic E-state index is 14.1. The van der Waals surface area contributed by atoms with Crippen LogP contribution < -0.4 is 20.5 Å². The van der Waals surface area contributed by atoms with Crippen molar-refractivity contribution >= 4 is 44.3 Å². The predicted molar refractivity (Wildman–Crippen MR) is 127 cm³/mol. The first-order valence-electron chi connectivity index (χ1n) is 9.91. The summed E-state index contributed by atoms with van der Waals surface area (Å²) >= 11 is 9.68. The maximum absolute atomic E-state index is 14.1. The third-order valence-corrected chi connectivity index (χ3v) is 5.94. The first-order valence-corrected chi connectivity index (χ1v) is 11.1. The van der Waals surface area contributed by atoms with Crippen molar-refractivity contribution in [2.75, 3.05) is 11.9 Å². The van der Waals surface area contributed by atoms with Gasteiger partial charge in [-0.2, -0.15) is 0 Å². The molecule has 1 heterocycles. The van der Waals surface area contributed by atoms with Gasteiger partial charge in [0.1, 0.15) is 12.4 Å². The third-order valence-electron chi connectivity index (χ3n) is 4.85. The van der Waals surface area contributed by atoms with Crippen molar-refractivity contribution in [3.63, 3.8) is 0 Å². The number of imidazole rings is 1. The van der Waals surface area contributed by atoms with Crippen LogP contribution in [0.5, 0.6) is 11.5 Å². The topological polar surface area (TPSA) is 79.1 Å². The van der Waals surface area contributed by atoms with Gasteiger partial charge in [-0.25, -0.2) is 9.18 Å². The normalized spacial score (nSPS) is 11.0. The van der Waals surface area contributed by atoms with Crippen LogP contribution in [-0.2, 0) is 13.2 Å². The number of hydrogen-bond acceptors (Lipinski definition) is 4. The molecule has 4 aromatic rings. The smallest absolute Gasteiger partial charge is 0.323 e. The van der Waals surface area contributed by atoms with Crippen LogP contribution in [0.25, 0.3) is 11.0 Å². The number of anilines is 1. The van der Waals surface area contributed by atoms with Crippen LogP contribution in [0.4, 0.5) is 10.1 Å². The molecule has 0 aliphatic rings. The largest absolute Gasteiger partial charge is 0.490 e. The fraction of sp³-hybridized carbons (Fsp3) is 0.174. The first kappa shape index (κ1) is 22.2. The summed E-state index contributed by atoms with van der Waals surface area (Å²) in [5.74, 6) is 0.606. The maximum Gasteiger partial charge on any atom is 0.323 e. The number of aromatic amines is 2. The van der Waals surface area contributed by atoms with Gasteiger partial charge in [0.25, 0.3) is 0 Å². The zero-order valence-electron chi connectivity index (χ0n) is 17.1. The van der Waals surface area contributed by atoms with Crippen LogP contribution in [0.2, 0.25) is 5.02 Å². The Balaban J connectivity index is 1.52. The Morgan fingerprint density at radius 3 is 2.62 bits per heavy atom. The molecule has 0 saturated carbocycles. The van der Waals surface area contributed by atoms with E-state index in [1.807, 2.05) is 31.2 Å². The molecule has 166 valence electrons. The van der Waals surface area contributed by atoms with Crippen molar-refractivity contribution < 1.29 is 13.9 Å². The zero-order chi connectivity index (χ0) is 22.7. The molecule has 4 rings (SSSR count). The quantitative estimate of drug-likeness (QED) is 0.266. The van der Waals surface area contributed by atoms with E-state index in [4.69, 9.17) is 21.1 Å². The van der Waals surface area contributed by atoms with E-state index in [1.165, 1.54) is 6.07 Å². The Labute approximate surface area is 196 Å². The van der Waals surface area contributed by atoms with Gasteiger partial charge in [-0.15, -0.1) is 0 Å². The molecule has 0 radical (unpaired) electrons. The minimum absolute atomic E-state index is 0.0233. The highest BCUT2D eigenvalue weighted by Gasteiger charge is 2.14. The molecular formula is C23H20BrClFN3O3. The first-order chi connectivity index (χ1) is 15.4. The number of hydrogen-bond donors (Lipinski definition) is 3. The summed E-state index contributed by atoms with van der Waals surface area (Å²) in [5, 5.41) is 3.64.